The molecule has 2 rings (SSSR count). The molecule has 0 unspecified atom stereocenters. The van der Waals surface area contributed by atoms with Crippen LogP contribution in [0.2, 0.25) is 0 Å². The number of hydrogen-bond acceptors (Lipinski definition) is 2. The van der Waals surface area contributed by atoms with Crippen molar-refractivity contribution in [2.24, 2.45) is 5.73 Å². The molecule has 1 aromatic heterocycles. The van der Waals surface area contributed by atoms with Gasteiger partial charge in [-0.2, -0.15) is 0 Å². The quantitative estimate of drug-likeness (QED) is 0.870. The Kier molecular flexibility index (Phi) is 10.7. The van der Waals surface area contributed by atoms with Gasteiger partial charge in [0.1, 0.15) is 0 Å². The summed E-state index contributed by atoms with van der Waals surface area (Å²) in [5.74, 6) is 0. The number of nitrogens with zero attached hydrogens (tertiary/aromatic N) is 1. The molecule has 2 nitrogen and oxygen atoms in total. The molecule has 0 aliphatic heterocycles. The number of unbranched alkanes of at least 4 members (excludes halogenated alkanes) is 1. The van der Waals surface area contributed by atoms with Crippen LogP contribution in [0.25, 0.3) is 0 Å². The average molecular weight is 250 g/mol. The maximum atomic E-state index is 5.38. The van der Waals surface area contributed by atoms with Crippen molar-refractivity contribution < 1.29 is 0 Å². The molecule has 0 bridgehead atoms. The van der Waals surface area contributed by atoms with Crippen LogP contribution in [0.15, 0.2) is 18.3 Å². The topological polar surface area (TPSA) is 38.9 Å². The molecule has 2 heteroatoms. The van der Waals surface area contributed by atoms with Crippen LogP contribution in [-0.2, 0) is 6.42 Å². The number of pyridine rings is 1. The summed E-state index contributed by atoms with van der Waals surface area (Å²) in [7, 11) is 0. The first-order valence-corrected chi connectivity index (χ1v) is 7.39. The monoisotopic (exact) mass is 250 g/mol. The Morgan fingerprint density at radius 1 is 1.28 bits per heavy atom. The third kappa shape index (κ3) is 8.24. The molecule has 1 aliphatic rings. The van der Waals surface area contributed by atoms with Gasteiger partial charge in [0, 0.05) is 17.9 Å². The van der Waals surface area contributed by atoms with Gasteiger partial charge in [0.05, 0.1) is 0 Å². The highest BCUT2D eigenvalue weighted by Gasteiger charge is 2.09. The summed E-state index contributed by atoms with van der Waals surface area (Å²) >= 11 is 0. The summed E-state index contributed by atoms with van der Waals surface area (Å²) in [5.41, 5.74) is 7.84. The van der Waals surface area contributed by atoms with E-state index in [4.69, 9.17) is 5.73 Å². The molecule has 0 amide bonds. The van der Waals surface area contributed by atoms with Crippen LogP contribution < -0.4 is 5.73 Å². The Labute approximate surface area is 113 Å². The van der Waals surface area contributed by atoms with Crippen molar-refractivity contribution in [3.8, 4) is 0 Å². The summed E-state index contributed by atoms with van der Waals surface area (Å²) < 4.78 is 0. The van der Waals surface area contributed by atoms with E-state index >= 15 is 0 Å². The number of hydrogen-bond donors (Lipinski definition) is 1. The van der Waals surface area contributed by atoms with Gasteiger partial charge in [0.15, 0.2) is 0 Å². The van der Waals surface area contributed by atoms with Gasteiger partial charge >= 0.3 is 0 Å². The van der Waals surface area contributed by atoms with Gasteiger partial charge < -0.3 is 5.73 Å². The van der Waals surface area contributed by atoms with Crippen molar-refractivity contribution >= 4 is 0 Å². The zero-order chi connectivity index (χ0) is 13.8. The number of aromatic nitrogens is 1. The van der Waals surface area contributed by atoms with E-state index in [-0.39, 0.29) is 0 Å². The molecule has 0 aromatic carbocycles. The average Bonchev–Trinajstić information content (AvgIpc) is 2.39. The third-order valence-corrected chi connectivity index (χ3v) is 2.94. The lowest BCUT2D eigenvalue weighted by Gasteiger charge is -2.18. The highest BCUT2D eigenvalue weighted by atomic mass is 14.7. The summed E-state index contributed by atoms with van der Waals surface area (Å²) in [6.45, 7) is 8.23. The minimum atomic E-state index is 0.565. The van der Waals surface area contributed by atoms with Crippen LogP contribution >= 0.6 is 0 Å². The van der Waals surface area contributed by atoms with E-state index < -0.39 is 0 Å². The van der Waals surface area contributed by atoms with E-state index in [0.29, 0.717) is 6.04 Å². The van der Waals surface area contributed by atoms with Crippen LogP contribution in [0.1, 0.15) is 64.1 Å². The lowest BCUT2D eigenvalue weighted by molar-refractivity contribution is 0.418. The van der Waals surface area contributed by atoms with E-state index in [9.17, 15) is 0 Å². The molecule has 1 fully saturated rings. The first-order valence-electron chi connectivity index (χ1n) is 7.39. The number of aryl methyl sites for hydroxylation is 2. The largest absolute Gasteiger partial charge is 0.328 e. The zero-order valence-electron chi connectivity index (χ0n) is 12.6. The molecule has 1 heterocycles. The zero-order valence-corrected chi connectivity index (χ0v) is 12.6. The highest BCUT2D eigenvalue weighted by Crippen LogP contribution is 2.14. The van der Waals surface area contributed by atoms with Crippen LogP contribution in [0.4, 0.5) is 0 Å². The Bertz CT molecular complexity index is 276. The van der Waals surface area contributed by atoms with Crippen LogP contribution in [-0.4, -0.2) is 11.0 Å². The van der Waals surface area contributed by atoms with E-state index in [1.54, 1.807) is 0 Å². The fourth-order valence-electron chi connectivity index (χ4n) is 1.47. The van der Waals surface area contributed by atoms with Gasteiger partial charge in [-0.3, -0.25) is 4.98 Å². The van der Waals surface area contributed by atoms with Crippen molar-refractivity contribution in [3.05, 3.63) is 29.6 Å². The van der Waals surface area contributed by atoms with Crippen LogP contribution in [0.3, 0.4) is 0 Å². The van der Waals surface area contributed by atoms with Gasteiger partial charge in [0.25, 0.3) is 0 Å². The predicted octanol–water partition coefficient (Wildman–Crippen LogP) is 4.26. The minimum Gasteiger partial charge on any atom is -0.328 e. The Morgan fingerprint density at radius 2 is 1.89 bits per heavy atom. The predicted molar refractivity (Wildman–Crippen MR) is 80.8 cm³/mol. The lowest BCUT2D eigenvalue weighted by atomic mass is 9.95. The van der Waals surface area contributed by atoms with Crippen molar-refractivity contribution in [3.63, 3.8) is 0 Å². The highest BCUT2D eigenvalue weighted by molar-refractivity contribution is 5.12. The maximum absolute atomic E-state index is 5.38. The second kappa shape index (κ2) is 11.2. The molecule has 1 aromatic rings. The smallest absolute Gasteiger partial charge is 0.0372 e. The van der Waals surface area contributed by atoms with E-state index in [0.717, 1.165) is 5.69 Å². The third-order valence-electron chi connectivity index (χ3n) is 2.94. The SMILES string of the molecule is CC.CCCCc1ccc(C)nc1.NC1CCC1. The van der Waals surface area contributed by atoms with E-state index in [2.05, 4.69) is 24.0 Å². The van der Waals surface area contributed by atoms with Gasteiger partial charge in [0.2, 0.25) is 0 Å². The Hall–Kier alpha value is -0.890. The van der Waals surface area contributed by atoms with Crippen LogP contribution in [0, 0.1) is 6.92 Å². The summed E-state index contributed by atoms with van der Waals surface area (Å²) in [6.07, 6.45) is 9.56. The molecule has 18 heavy (non-hydrogen) atoms. The first kappa shape index (κ1) is 17.1. The number of nitrogens with two attached hydrogens (primary N) is 1. The normalized spacial score (nSPS) is 13.6. The second-order valence-electron chi connectivity index (χ2n) is 4.60. The molecule has 0 spiro atoms. The standard InChI is InChI=1S/C10H15N.C4H9N.C2H6/c1-3-4-5-10-7-6-9(2)11-8-10;5-4-2-1-3-4;1-2/h6-8H,3-5H2,1-2H3;4H,1-3,5H2;1-2H3. The van der Waals surface area contributed by atoms with Crippen molar-refractivity contribution in [1.29, 1.82) is 0 Å². The van der Waals surface area contributed by atoms with Crippen molar-refractivity contribution in [2.75, 3.05) is 0 Å². The van der Waals surface area contributed by atoms with E-state index in [1.807, 2.05) is 27.0 Å². The molecular weight excluding hydrogens is 220 g/mol. The van der Waals surface area contributed by atoms with Crippen LogP contribution in [0.5, 0.6) is 0 Å². The summed E-state index contributed by atoms with van der Waals surface area (Å²) in [6, 6.07) is 4.80. The van der Waals surface area contributed by atoms with Gasteiger partial charge in [-0.05, 0) is 44.2 Å². The molecule has 1 saturated carbocycles. The van der Waals surface area contributed by atoms with Gasteiger partial charge in [-0.1, -0.05) is 39.7 Å². The first-order chi connectivity index (χ1) is 8.72. The maximum Gasteiger partial charge on any atom is 0.0372 e. The molecule has 0 radical (unpaired) electrons. The molecule has 0 atom stereocenters. The molecule has 1 aliphatic carbocycles. The second-order valence-corrected chi connectivity index (χ2v) is 4.60. The number of rotatable bonds is 3. The minimum absolute atomic E-state index is 0.565. The fourth-order valence-corrected chi connectivity index (χ4v) is 1.47. The fraction of sp³-hybridized carbons (Fsp3) is 0.688. The Morgan fingerprint density at radius 3 is 2.22 bits per heavy atom. The molecule has 104 valence electrons. The summed E-state index contributed by atoms with van der Waals surface area (Å²) in [4.78, 5) is 4.23. The Balaban J connectivity index is 0.000000343. The van der Waals surface area contributed by atoms with Crippen molar-refractivity contribution in [1.82, 2.24) is 4.98 Å². The lowest BCUT2D eigenvalue weighted by Crippen LogP contribution is -2.27. The van der Waals surface area contributed by atoms with E-state index in [1.165, 1.54) is 44.1 Å². The summed E-state index contributed by atoms with van der Waals surface area (Å²) in [5, 5.41) is 0. The molecule has 0 saturated heterocycles. The van der Waals surface area contributed by atoms with Crippen molar-refractivity contribution in [2.45, 2.75) is 72.3 Å². The van der Waals surface area contributed by atoms with Gasteiger partial charge in [-0.25, -0.2) is 0 Å². The van der Waals surface area contributed by atoms with Gasteiger partial charge in [-0.15, -0.1) is 0 Å². The molecular formula is C16H30N2. The molecule has 2 N–H and O–H groups in total.